The summed E-state index contributed by atoms with van der Waals surface area (Å²) in [6, 6.07) is 4.54. The fourth-order valence-electron chi connectivity index (χ4n) is 2.60. The first-order valence-electron chi connectivity index (χ1n) is 6.81. The van der Waals surface area contributed by atoms with Gasteiger partial charge < -0.3 is 10.6 Å². The lowest BCUT2D eigenvalue weighted by atomic mass is 9.93. The molecule has 20 heavy (non-hydrogen) atoms. The zero-order valence-electron chi connectivity index (χ0n) is 11.6. The largest absolute Gasteiger partial charge is 0.370 e. The summed E-state index contributed by atoms with van der Waals surface area (Å²) in [7, 11) is 0. The highest BCUT2D eigenvalue weighted by atomic mass is 19.1. The van der Waals surface area contributed by atoms with Gasteiger partial charge in [-0.25, -0.2) is 4.39 Å². The van der Waals surface area contributed by atoms with Crippen molar-refractivity contribution in [2.75, 3.05) is 13.1 Å². The van der Waals surface area contributed by atoms with Crippen LogP contribution in [0.2, 0.25) is 0 Å². The monoisotopic (exact) mass is 278 g/mol. The second-order valence-corrected chi connectivity index (χ2v) is 5.39. The Hall–Kier alpha value is -1.91. The van der Waals surface area contributed by atoms with Crippen molar-refractivity contribution in [2.45, 2.75) is 26.2 Å². The summed E-state index contributed by atoms with van der Waals surface area (Å²) in [4.78, 5) is 24.8. The third-order valence-corrected chi connectivity index (χ3v) is 3.74. The molecule has 4 nitrogen and oxygen atoms in total. The highest BCUT2D eigenvalue weighted by Gasteiger charge is 2.25. The topological polar surface area (TPSA) is 63.4 Å². The summed E-state index contributed by atoms with van der Waals surface area (Å²) >= 11 is 0. The van der Waals surface area contributed by atoms with Gasteiger partial charge >= 0.3 is 0 Å². The Morgan fingerprint density at radius 2 is 2.00 bits per heavy atom. The van der Waals surface area contributed by atoms with Crippen LogP contribution in [0.3, 0.4) is 0 Å². The summed E-state index contributed by atoms with van der Waals surface area (Å²) in [5, 5.41) is 0. The lowest BCUT2D eigenvalue weighted by Gasteiger charge is -2.31. The van der Waals surface area contributed by atoms with Crippen LogP contribution in [0.25, 0.3) is 0 Å². The molecule has 2 N–H and O–H groups in total. The number of hydrogen-bond acceptors (Lipinski definition) is 2. The van der Waals surface area contributed by atoms with Gasteiger partial charge in [0.25, 0.3) is 5.91 Å². The van der Waals surface area contributed by atoms with Crippen molar-refractivity contribution in [1.29, 1.82) is 0 Å². The van der Waals surface area contributed by atoms with Gasteiger partial charge in [0.2, 0.25) is 5.91 Å². The van der Waals surface area contributed by atoms with E-state index in [1.807, 2.05) is 6.92 Å². The number of amides is 2. The molecule has 1 aromatic rings. The van der Waals surface area contributed by atoms with Crippen LogP contribution in [0, 0.1) is 18.7 Å². The van der Waals surface area contributed by atoms with E-state index in [-0.39, 0.29) is 23.3 Å². The highest BCUT2D eigenvalue weighted by molar-refractivity contribution is 5.94. The number of likely N-dealkylation sites (tertiary alicyclic amines) is 1. The molecular weight excluding hydrogens is 259 g/mol. The third-order valence-electron chi connectivity index (χ3n) is 3.74. The zero-order chi connectivity index (χ0) is 14.7. The van der Waals surface area contributed by atoms with Gasteiger partial charge in [-0.3, -0.25) is 9.59 Å². The molecule has 0 unspecified atom stereocenters. The standard InChI is InChI=1S/C15H19FN2O2/c1-10-2-3-13(16)12(8-10)15(20)18-6-4-11(5-7-18)9-14(17)19/h2-3,8,11H,4-7,9H2,1H3,(H2,17,19). The molecular formula is C15H19FN2O2. The van der Waals surface area contributed by atoms with E-state index < -0.39 is 5.82 Å². The first-order valence-corrected chi connectivity index (χ1v) is 6.81. The molecule has 5 heteroatoms. The van der Waals surface area contributed by atoms with Gasteiger partial charge in [0, 0.05) is 19.5 Å². The minimum absolute atomic E-state index is 0.123. The molecule has 1 fully saturated rings. The van der Waals surface area contributed by atoms with Crippen molar-refractivity contribution in [2.24, 2.45) is 11.7 Å². The molecule has 0 radical (unpaired) electrons. The van der Waals surface area contributed by atoms with Crippen LogP contribution >= 0.6 is 0 Å². The summed E-state index contributed by atoms with van der Waals surface area (Å²) in [6.45, 7) is 2.92. The normalized spacial score (nSPS) is 16.2. The molecule has 2 rings (SSSR count). The van der Waals surface area contributed by atoms with Crippen molar-refractivity contribution >= 4 is 11.8 Å². The molecule has 0 aromatic heterocycles. The number of benzene rings is 1. The van der Waals surface area contributed by atoms with Crippen molar-refractivity contribution in [3.05, 3.63) is 35.1 Å². The fraction of sp³-hybridized carbons (Fsp3) is 0.467. The molecule has 0 bridgehead atoms. The Balaban J connectivity index is 2.01. The Bertz CT molecular complexity index is 523. The number of piperidine rings is 1. The molecule has 0 aliphatic carbocycles. The fourth-order valence-corrected chi connectivity index (χ4v) is 2.60. The average Bonchev–Trinajstić information content (AvgIpc) is 2.41. The maximum absolute atomic E-state index is 13.7. The maximum atomic E-state index is 13.7. The number of primary amides is 1. The second kappa shape index (κ2) is 6.03. The Morgan fingerprint density at radius 1 is 1.35 bits per heavy atom. The number of nitrogens with zero attached hydrogens (tertiary/aromatic N) is 1. The van der Waals surface area contributed by atoms with Crippen molar-refractivity contribution < 1.29 is 14.0 Å². The lowest BCUT2D eigenvalue weighted by Crippen LogP contribution is -2.39. The molecule has 1 aliphatic heterocycles. The number of carbonyl (C=O) groups is 2. The predicted octanol–water partition coefficient (Wildman–Crippen LogP) is 1.86. The maximum Gasteiger partial charge on any atom is 0.256 e. The third kappa shape index (κ3) is 3.35. The Morgan fingerprint density at radius 3 is 2.60 bits per heavy atom. The molecule has 1 saturated heterocycles. The minimum atomic E-state index is -0.486. The van der Waals surface area contributed by atoms with Crippen molar-refractivity contribution in [1.82, 2.24) is 4.90 Å². The highest BCUT2D eigenvalue weighted by Crippen LogP contribution is 2.22. The van der Waals surface area contributed by atoms with Crippen molar-refractivity contribution in [3.8, 4) is 0 Å². The van der Waals surface area contributed by atoms with E-state index in [4.69, 9.17) is 5.73 Å². The van der Waals surface area contributed by atoms with E-state index in [1.165, 1.54) is 6.07 Å². The van der Waals surface area contributed by atoms with Crippen LogP contribution in [0.5, 0.6) is 0 Å². The first-order chi connectivity index (χ1) is 9.47. The average molecular weight is 278 g/mol. The van der Waals surface area contributed by atoms with E-state index in [2.05, 4.69) is 0 Å². The van der Waals surface area contributed by atoms with Crippen molar-refractivity contribution in [3.63, 3.8) is 0 Å². The van der Waals surface area contributed by atoms with E-state index in [0.717, 1.165) is 18.4 Å². The smallest absolute Gasteiger partial charge is 0.256 e. The Labute approximate surface area is 117 Å². The number of aryl methyl sites for hydroxylation is 1. The van der Waals surface area contributed by atoms with Gasteiger partial charge in [-0.05, 0) is 37.8 Å². The van der Waals surface area contributed by atoms with Gasteiger partial charge in [-0.1, -0.05) is 11.6 Å². The van der Waals surface area contributed by atoms with Crippen LogP contribution in [-0.2, 0) is 4.79 Å². The summed E-state index contributed by atoms with van der Waals surface area (Å²) in [5.41, 5.74) is 6.16. The molecule has 108 valence electrons. The number of carbonyl (C=O) groups excluding carboxylic acids is 2. The molecule has 0 saturated carbocycles. The van der Waals surface area contributed by atoms with Crippen LogP contribution in [-0.4, -0.2) is 29.8 Å². The van der Waals surface area contributed by atoms with E-state index in [1.54, 1.807) is 17.0 Å². The van der Waals surface area contributed by atoms with Gasteiger partial charge in [0.1, 0.15) is 5.82 Å². The second-order valence-electron chi connectivity index (χ2n) is 5.39. The first kappa shape index (κ1) is 14.5. The summed E-state index contributed by atoms with van der Waals surface area (Å²) in [6.07, 6.45) is 1.84. The summed E-state index contributed by atoms with van der Waals surface area (Å²) in [5.74, 6) is -0.831. The van der Waals surface area contributed by atoms with Crippen LogP contribution in [0.4, 0.5) is 4.39 Å². The molecule has 1 aliphatic rings. The van der Waals surface area contributed by atoms with Crippen LogP contribution < -0.4 is 5.73 Å². The van der Waals surface area contributed by atoms with E-state index >= 15 is 0 Å². The lowest BCUT2D eigenvalue weighted by molar-refractivity contribution is -0.119. The van der Waals surface area contributed by atoms with Crippen LogP contribution in [0.1, 0.15) is 35.2 Å². The van der Waals surface area contributed by atoms with Gasteiger partial charge in [0.15, 0.2) is 0 Å². The molecule has 1 aromatic carbocycles. The molecule has 1 heterocycles. The van der Waals surface area contributed by atoms with E-state index in [0.29, 0.717) is 19.5 Å². The quantitative estimate of drug-likeness (QED) is 0.917. The van der Waals surface area contributed by atoms with Gasteiger partial charge in [0.05, 0.1) is 5.56 Å². The minimum Gasteiger partial charge on any atom is -0.370 e. The van der Waals surface area contributed by atoms with Crippen LogP contribution in [0.15, 0.2) is 18.2 Å². The molecule has 0 atom stereocenters. The SMILES string of the molecule is Cc1ccc(F)c(C(=O)N2CCC(CC(N)=O)CC2)c1. The number of rotatable bonds is 3. The van der Waals surface area contributed by atoms with E-state index in [9.17, 15) is 14.0 Å². The summed E-state index contributed by atoms with van der Waals surface area (Å²) < 4.78 is 13.7. The molecule has 0 spiro atoms. The predicted molar refractivity (Wildman–Crippen MR) is 73.6 cm³/mol. The number of halogens is 1. The molecule has 2 amide bonds. The number of nitrogens with two attached hydrogens (primary N) is 1. The number of hydrogen-bond donors (Lipinski definition) is 1. The zero-order valence-corrected chi connectivity index (χ0v) is 11.6. The van der Waals surface area contributed by atoms with Gasteiger partial charge in [-0.2, -0.15) is 0 Å². The van der Waals surface area contributed by atoms with Gasteiger partial charge in [-0.15, -0.1) is 0 Å². The Kier molecular flexibility index (Phi) is 4.37.